The minimum absolute atomic E-state index is 0.442. The lowest BCUT2D eigenvalue weighted by atomic mass is 10.1. The quantitative estimate of drug-likeness (QED) is 0.340. The van der Waals surface area contributed by atoms with E-state index in [1.165, 1.54) is 11.1 Å². The molecule has 4 heteroatoms. The molecule has 0 spiro atoms. The Morgan fingerprint density at radius 2 is 1.50 bits per heavy atom. The van der Waals surface area contributed by atoms with Crippen molar-refractivity contribution in [3.63, 3.8) is 0 Å². The van der Waals surface area contributed by atoms with Crippen LogP contribution >= 0.6 is 0 Å². The van der Waals surface area contributed by atoms with E-state index < -0.39 is 0 Å². The molecular weight excluding hydrogens is 372 g/mol. The second-order valence-corrected chi connectivity index (χ2v) is 7.62. The molecule has 4 nitrogen and oxygen atoms in total. The third-order valence-corrected chi connectivity index (χ3v) is 5.52. The summed E-state index contributed by atoms with van der Waals surface area (Å²) < 4.78 is 14.4. The van der Waals surface area contributed by atoms with Crippen molar-refractivity contribution in [1.82, 2.24) is 9.55 Å². The van der Waals surface area contributed by atoms with Crippen LogP contribution in [0.3, 0.4) is 0 Å². The summed E-state index contributed by atoms with van der Waals surface area (Å²) in [7, 11) is 0. The van der Waals surface area contributed by atoms with E-state index in [1.807, 2.05) is 36.4 Å². The monoisotopic (exact) mass is 400 g/mol. The summed E-state index contributed by atoms with van der Waals surface area (Å²) in [5.74, 6) is 2.80. The third-order valence-electron chi connectivity index (χ3n) is 5.52. The maximum absolute atomic E-state index is 6.08. The molecule has 1 aromatic heterocycles. The predicted molar refractivity (Wildman–Crippen MR) is 121 cm³/mol. The van der Waals surface area contributed by atoms with E-state index in [1.54, 1.807) is 0 Å². The van der Waals surface area contributed by atoms with E-state index in [2.05, 4.69) is 55.7 Å². The molecule has 0 unspecified atom stereocenters. The van der Waals surface area contributed by atoms with Crippen molar-refractivity contribution in [3.8, 4) is 11.5 Å². The number of rotatable bonds is 8. The highest BCUT2D eigenvalue weighted by molar-refractivity contribution is 5.75. The van der Waals surface area contributed by atoms with Gasteiger partial charge in [-0.1, -0.05) is 42.5 Å². The number of hydrogen-bond acceptors (Lipinski definition) is 3. The van der Waals surface area contributed by atoms with Gasteiger partial charge in [0, 0.05) is 6.54 Å². The van der Waals surface area contributed by atoms with Crippen LogP contribution in [0, 0.1) is 20.8 Å². The largest absolute Gasteiger partial charge is 0.493 e. The number of para-hydroxylation sites is 3. The smallest absolute Gasteiger partial charge is 0.148 e. The van der Waals surface area contributed by atoms with Crippen LogP contribution in [-0.4, -0.2) is 16.2 Å². The lowest BCUT2D eigenvalue weighted by Gasteiger charge is -2.13. The van der Waals surface area contributed by atoms with E-state index in [-0.39, 0.29) is 0 Å². The Morgan fingerprint density at radius 1 is 0.767 bits per heavy atom. The Labute approximate surface area is 178 Å². The number of nitrogens with zero attached hydrogens (tertiary/aromatic N) is 2. The number of fused-ring (bicyclic) bond motifs is 1. The van der Waals surface area contributed by atoms with Crippen LogP contribution < -0.4 is 9.47 Å². The van der Waals surface area contributed by atoms with Crippen molar-refractivity contribution in [3.05, 3.63) is 89.2 Å². The lowest BCUT2D eigenvalue weighted by molar-refractivity contribution is 0.278. The van der Waals surface area contributed by atoms with Crippen LogP contribution in [0.1, 0.15) is 28.9 Å². The van der Waals surface area contributed by atoms with Gasteiger partial charge in [0.25, 0.3) is 0 Å². The van der Waals surface area contributed by atoms with Gasteiger partial charge in [-0.25, -0.2) is 4.98 Å². The van der Waals surface area contributed by atoms with Gasteiger partial charge in [0.15, 0.2) is 0 Å². The summed E-state index contributed by atoms with van der Waals surface area (Å²) in [6, 6.07) is 22.5. The van der Waals surface area contributed by atoms with E-state index >= 15 is 0 Å². The van der Waals surface area contributed by atoms with E-state index in [0.717, 1.165) is 46.9 Å². The van der Waals surface area contributed by atoms with Crippen LogP contribution in [0.4, 0.5) is 0 Å². The summed E-state index contributed by atoms with van der Waals surface area (Å²) in [5, 5.41) is 0. The predicted octanol–water partition coefficient (Wildman–Crippen LogP) is 6.01. The molecule has 0 radical (unpaired) electrons. The highest BCUT2D eigenvalue weighted by Gasteiger charge is 2.12. The summed E-state index contributed by atoms with van der Waals surface area (Å²) in [6.45, 7) is 8.21. The molecule has 0 amide bonds. The lowest BCUT2D eigenvalue weighted by Crippen LogP contribution is -2.10. The zero-order chi connectivity index (χ0) is 20.9. The molecule has 30 heavy (non-hydrogen) atoms. The van der Waals surface area contributed by atoms with Gasteiger partial charge in [-0.3, -0.25) is 0 Å². The summed E-state index contributed by atoms with van der Waals surface area (Å²) in [4.78, 5) is 4.82. The Morgan fingerprint density at radius 3 is 2.37 bits per heavy atom. The molecular formula is C26H28N2O2. The molecule has 0 aliphatic carbocycles. The molecule has 0 fully saturated rings. The minimum Gasteiger partial charge on any atom is -0.493 e. The molecule has 4 rings (SSSR count). The first kappa shape index (κ1) is 20.0. The highest BCUT2D eigenvalue weighted by atomic mass is 16.5. The maximum atomic E-state index is 6.08. The van der Waals surface area contributed by atoms with E-state index in [4.69, 9.17) is 14.5 Å². The summed E-state index contributed by atoms with van der Waals surface area (Å²) in [5.41, 5.74) is 5.72. The fraction of sp³-hybridized carbons (Fsp3) is 0.269. The van der Waals surface area contributed by atoms with Gasteiger partial charge in [-0.15, -0.1) is 0 Å². The number of benzene rings is 3. The molecule has 4 aromatic rings. The van der Waals surface area contributed by atoms with Crippen molar-refractivity contribution < 1.29 is 9.47 Å². The zero-order valence-corrected chi connectivity index (χ0v) is 17.9. The van der Waals surface area contributed by atoms with Crippen LogP contribution in [-0.2, 0) is 13.2 Å². The van der Waals surface area contributed by atoms with Gasteiger partial charge in [0.1, 0.15) is 23.9 Å². The zero-order valence-electron chi connectivity index (χ0n) is 17.9. The molecule has 0 saturated heterocycles. The van der Waals surface area contributed by atoms with Crippen molar-refractivity contribution in [1.29, 1.82) is 0 Å². The maximum Gasteiger partial charge on any atom is 0.148 e. The van der Waals surface area contributed by atoms with Gasteiger partial charge in [0.05, 0.1) is 17.6 Å². The Hall–Kier alpha value is -3.27. The van der Waals surface area contributed by atoms with Crippen LogP contribution in [0.5, 0.6) is 11.5 Å². The van der Waals surface area contributed by atoms with Crippen molar-refractivity contribution in [2.75, 3.05) is 6.61 Å². The fourth-order valence-electron chi connectivity index (χ4n) is 3.63. The minimum atomic E-state index is 0.442. The van der Waals surface area contributed by atoms with Crippen LogP contribution in [0.25, 0.3) is 11.0 Å². The number of aromatic nitrogens is 2. The molecule has 0 N–H and O–H groups in total. The average molecular weight is 401 g/mol. The Kier molecular flexibility index (Phi) is 6.03. The molecule has 3 aromatic carbocycles. The number of hydrogen-bond donors (Lipinski definition) is 0. The second-order valence-electron chi connectivity index (χ2n) is 7.62. The molecule has 0 aliphatic heterocycles. The number of ether oxygens (including phenoxy) is 2. The first-order valence-electron chi connectivity index (χ1n) is 10.4. The first-order valence-corrected chi connectivity index (χ1v) is 10.4. The molecule has 0 aliphatic rings. The van der Waals surface area contributed by atoms with Crippen LogP contribution in [0.15, 0.2) is 66.7 Å². The van der Waals surface area contributed by atoms with Gasteiger partial charge in [0.2, 0.25) is 0 Å². The molecule has 154 valence electrons. The fourth-order valence-corrected chi connectivity index (χ4v) is 3.63. The Balaban J connectivity index is 1.46. The Bertz CT molecular complexity index is 1150. The van der Waals surface area contributed by atoms with Gasteiger partial charge >= 0.3 is 0 Å². The topological polar surface area (TPSA) is 36.3 Å². The standard InChI is InChI=1S/C26H28N2O2/c1-19-11-8-15-25(21(19)3)29-17-9-16-28-23-13-6-5-12-22(23)27-26(28)18-30-24-14-7-4-10-20(24)2/h4-8,10-15H,9,16-18H2,1-3H3. The number of aryl methyl sites for hydroxylation is 3. The van der Waals surface area contributed by atoms with Gasteiger partial charge < -0.3 is 14.0 Å². The van der Waals surface area contributed by atoms with E-state index in [9.17, 15) is 0 Å². The molecule has 1 heterocycles. The summed E-state index contributed by atoms with van der Waals surface area (Å²) in [6.07, 6.45) is 0.894. The SMILES string of the molecule is Cc1ccccc1OCc1nc2ccccc2n1CCCOc1cccc(C)c1C. The van der Waals surface area contributed by atoms with Crippen molar-refractivity contribution in [2.45, 2.75) is 40.3 Å². The van der Waals surface area contributed by atoms with Gasteiger partial charge in [-0.2, -0.15) is 0 Å². The van der Waals surface area contributed by atoms with Crippen molar-refractivity contribution >= 4 is 11.0 Å². The van der Waals surface area contributed by atoms with Crippen LogP contribution in [0.2, 0.25) is 0 Å². The summed E-state index contributed by atoms with van der Waals surface area (Å²) >= 11 is 0. The normalized spacial score (nSPS) is 11.0. The average Bonchev–Trinajstić information content (AvgIpc) is 3.11. The third kappa shape index (κ3) is 4.33. The van der Waals surface area contributed by atoms with E-state index in [0.29, 0.717) is 13.2 Å². The molecule has 0 atom stereocenters. The molecule has 0 saturated carbocycles. The molecule has 0 bridgehead atoms. The van der Waals surface area contributed by atoms with Gasteiger partial charge in [-0.05, 0) is 68.1 Å². The first-order chi connectivity index (χ1) is 14.6. The number of imidazole rings is 1. The highest BCUT2D eigenvalue weighted by Crippen LogP contribution is 2.22. The second kappa shape index (κ2) is 9.04. The van der Waals surface area contributed by atoms with Crippen molar-refractivity contribution in [2.24, 2.45) is 0 Å².